The molecule has 1 aromatic heterocycles. The minimum atomic E-state index is -0.277. The second-order valence-corrected chi connectivity index (χ2v) is 3.62. The van der Waals surface area contributed by atoms with Crippen LogP contribution in [0, 0.1) is 0 Å². The number of nitrogens with zero attached hydrogens (tertiary/aromatic N) is 1. The number of pyridine rings is 1. The number of hydrogen-bond donors (Lipinski definition) is 1. The third kappa shape index (κ3) is 7.33. The van der Waals surface area contributed by atoms with Gasteiger partial charge in [-0.05, 0) is 13.0 Å². The minimum absolute atomic E-state index is 0.0916. The van der Waals surface area contributed by atoms with E-state index >= 15 is 0 Å². The van der Waals surface area contributed by atoms with Crippen molar-refractivity contribution >= 4 is 23.2 Å². The number of hydrogen-bond acceptors (Lipinski definition) is 2. The summed E-state index contributed by atoms with van der Waals surface area (Å²) in [5.74, 6) is -0.277. The lowest BCUT2D eigenvalue weighted by Gasteiger charge is -2.05. The van der Waals surface area contributed by atoms with E-state index in [1.165, 1.54) is 34.4 Å². The van der Waals surface area contributed by atoms with Crippen LogP contribution in [0.5, 0.6) is 0 Å². The van der Waals surface area contributed by atoms with Gasteiger partial charge in [0, 0.05) is 30.4 Å². The van der Waals surface area contributed by atoms with Gasteiger partial charge in [-0.1, -0.05) is 30.3 Å². The molecule has 0 saturated carbocycles. The van der Waals surface area contributed by atoms with Gasteiger partial charge < -0.3 is 9.88 Å². The first-order chi connectivity index (χ1) is 9.58. The van der Waals surface area contributed by atoms with Crippen molar-refractivity contribution in [3.63, 3.8) is 0 Å². The Bertz CT molecular complexity index is 550. The average molecular weight is 299 g/mol. The van der Waals surface area contributed by atoms with E-state index in [1.54, 1.807) is 12.3 Å². The normalized spacial score (nSPS) is 10.2. The zero-order chi connectivity index (χ0) is 15.4. The minimum Gasteiger partial charge on any atom is -0.321 e. The van der Waals surface area contributed by atoms with Crippen LogP contribution >= 0.6 is 11.6 Å². The number of aryl methyl sites for hydroxylation is 1. The third-order valence-corrected chi connectivity index (χ3v) is 2.17. The first-order valence-electron chi connectivity index (χ1n) is 5.75. The summed E-state index contributed by atoms with van der Waals surface area (Å²) >= 11 is 5.30. The summed E-state index contributed by atoms with van der Waals surface area (Å²) in [5, 5.41) is 2.64. The van der Waals surface area contributed by atoms with E-state index in [1.807, 2.05) is 6.92 Å². The molecule has 0 radical (unpaired) electrons. The van der Waals surface area contributed by atoms with Gasteiger partial charge in [0.05, 0.1) is 12.0 Å². The first kappa shape index (κ1) is 17.9. The zero-order valence-electron chi connectivity index (χ0n) is 11.1. The Morgan fingerprint density at radius 2 is 2.15 bits per heavy atom. The number of aromatic nitrogens is 1. The summed E-state index contributed by atoms with van der Waals surface area (Å²) in [7, 11) is 0. The van der Waals surface area contributed by atoms with Gasteiger partial charge in [0.25, 0.3) is 5.56 Å². The summed E-state index contributed by atoms with van der Waals surface area (Å²) in [6.07, 6.45) is 6.26. The second kappa shape index (κ2) is 10.8. The highest BCUT2D eigenvalue weighted by atomic mass is 35.5. The average Bonchev–Trinajstić information content (AvgIpc) is 2.42. The molecule has 0 aromatic carbocycles. The molecule has 0 bridgehead atoms. The maximum Gasteiger partial charge on any atom is 0.250 e. The topological polar surface area (TPSA) is 51.1 Å². The maximum absolute atomic E-state index is 11.4. The quantitative estimate of drug-likeness (QED) is 0.685. The maximum atomic E-state index is 11.4. The zero-order valence-corrected chi connectivity index (χ0v) is 11.8. The molecule has 20 heavy (non-hydrogen) atoms. The fourth-order valence-corrected chi connectivity index (χ4v) is 1.31. The van der Waals surface area contributed by atoms with Crippen LogP contribution in [0.25, 0.3) is 0 Å². The van der Waals surface area contributed by atoms with E-state index in [4.69, 9.17) is 11.6 Å². The van der Waals surface area contributed by atoms with Crippen LogP contribution in [-0.2, 0) is 11.3 Å². The Balaban J connectivity index is 0.00000110. The van der Waals surface area contributed by atoms with E-state index in [0.717, 1.165) is 0 Å². The Hall–Kier alpha value is -2.14. The molecule has 0 spiro atoms. The molecule has 1 N–H and O–H groups in total. The SMILES string of the molecule is C=CF.CCn1cc(NC(=O)/C=C/C=C/Cl)ccc1=O. The smallest absolute Gasteiger partial charge is 0.250 e. The number of halogens is 2. The summed E-state index contributed by atoms with van der Waals surface area (Å²) in [6, 6.07) is 2.99. The first-order valence-corrected chi connectivity index (χ1v) is 6.18. The highest BCUT2D eigenvalue weighted by molar-refractivity contribution is 6.25. The van der Waals surface area contributed by atoms with Crippen molar-refractivity contribution in [2.45, 2.75) is 13.5 Å². The third-order valence-electron chi connectivity index (χ3n) is 2.02. The lowest BCUT2D eigenvalue weighted by Crippen LogP contribution is -2.19. The van der Waals surface area contributed by atoms with Crippen LogP contribution in [0.4, 0.5) is 10.1 Å². The highest BCUT2D eigenvalue weighted by Gasteiger charge is 1.99. The number of nitrogens with one attached hydrogen (secondary N) is 1. The van der Waals surface area contributed by atoms with E-state index in [0.29, 0.717) is 12.2 Å². The van der Waals surface area contributed by atoms with Crippen molar-refractivity contribution in [2.24, 2.45) is 0 Å². The highest BCUT2D eigenvalue weighted by Crippen LogP contribution is 2.03. The molecule has 0 fully saturated rings. The fraction of sp³-hybridized carbons (Fsp3) is 0.143. The number of rotatable bonds is 4. The monoisotopic (exact) mass is 298 g/mol. The van der Waals surface area contributed by atoms with Crippen LogP contribution in [-0.4, -0.2) is 10.5 Å². The van der Waals surface area contributed by atoms with Crippen molar-refractivity contribution in [3.05, 3.63) is 65.4 Å². The fourth-order valence-electron chi connectivity index (χ4n) is 1.22. The number of allylic oxidation sites excluding steroid dienone is 2. The van der Waals surface area contributed by atoms with Gasteiger partial charge in [0.2, 0.25) is 5.91 Å². The van der Waals surface area contributed by atoms with Crippen LogP contribution in [0.1, 0.15) is 6.92 Å². The number of carbonyl (C=O) groups excluding carboxylic acids is 1. The van der Waals surface area contributed by atoms with Crippen molar-refractivity contribution < 1.29 is 9.18 Å². The van der Waals surface area contributed by atoms with Gasteiger partial charge in [-0.2, -0.15) is 0 Å². The van der Waals surface area contributed by atoms with Crippen molar-refractivity contribution in [3.8, 4) is 0 Å². The molecule has 1 amide bonds. The summed E-state index contributed by atoms with van der Waals surface area (Å²) in [5.41, 5.74) is 1.79. The summed E-state index contributed by atoms with van der Waals surface area (Å²) in [4.78, 5) is 22.7. The molecule has 0 unspecified atom stereocenters. The summed E-state index contributed by atoms with van der Waals surface area (Å²) < 4.78 is 11.6. The molecule has 0 aliphatic heterocycles. The standard InChI is InChI=1S/C12H13ClN2O2.C2H3F/c1-2-15-9-10(6-7-12(15)17)14-11(16)5-3-4-8-13;1-2-3/h3-9H,2H2,1H3,(H,14,16);2H,1H2/b5-3+,8-4+;. The van der Waals surface area contributed by atoms with Gasteiger partial charge in [-0.25, -0.2) is 4.39 Å². The Kier molecular flexibility index (Phi) is 9.60. The van der Waals surface area contributed by atoms with Gasteiger partial charge >= 0.3 is 0 Å². The van der Waals surface area contributed by atoms with E-state index < -0.39 is 0 Å². The van der Waals surface area contributed by atoms with Gasteiger partial charge in [-0.3, -0.25) is 9.59 Å². The Labute approximate surface area is 121 Å². The van der Waals surface area contributed by atoms with Gasteiger partial charge in [0.1, 0.15) is 0 Å². The number of carbonyl (C=O) groups is 1. The lowest BCUT2D eigenvalue weighted by atomic mass is 10.3. The molecule has 1 rings (SSSR count). The van der Waals surface area contributed by atoms with E-state index in [2.05, 4.69) is 11.9 Å². The molecular weight excluding hydrogens is 283 g/mol. The molecule has 108 valence electrons. The lowest BCUT2D eigenvalue weighted by molar-refractivity contribution is -0.111. The number of anilines is 1. The molecule has 6 heteroatoms. The molecular formula is C14H16ClFN2O2. The molecule has 0 aliphatic carbocycles. The second-order valence-electron chi connectivity index (χ2n) is 3.36. The molecule has 1 heterocycles. The van der Waals surface area contributed by atoms with Gasteiger partial charge in [0.15, 0.2) is 0 Å². The van der Waals surface area contributed by atoms with Gasteiger partial charge in [-0.15, -0.1) is 0 Å². The predicted octanol–water partition coefficient (Wildman–Crippen LogP) is 3.21. The predicted molar refractivity (Wildman–Crippen MR) is 80.4 cm³/mol. The van der Waals surface area contributed by atoms with Crippen molar-refractivity contribution in [2.75, 3.05) is 5.32 Å². The van der Waals surface area contributed by atoms with E-state index in [-0.39, 0.29) is 17.8 Å². The van der Waals surface area contributed by atoms with Crippen molar-refractivity contribution in [1.29, 1.82) is 0 Å². The van der Waals surface area contributed by atoms with Crippen LogP contribution < -0.4 is 10.9 Å². The van der Waals surface area contributed by atoms with Crippen molar-refractivity contribution in [1.82, 2.24) is 4.57 Å². The van der Waals surface area contributed by atoms with E-state index in [9.17, 15) is 14.0 Å². The largest absolute Gasteiger partial charge is 0.321 e. The molecule has 1 aromatic rings. The Morgan fingerprint density at radius 1 is 1.50 bits per heavy atom. The molecule has 0 atom stereocenters. The van der Waals surface area contributed by atoms with Crippen LogP contribution in [0.15, 0.2) is 59.8 Å². The number of amides is 1. The Morgan fingerprint density at radius 3 is 2.70 bits per heavy atom. The summed E-state index contributed by atoms with van der Waals surface area (Å²) in [6.45, 7) is 5.12. The molecule has 0 saturated heterocycles. The molecule has 0 aliphatic rings. The van der Waals surface area contributed by atoms with Crippen LogP contribution in [0.3, 0.4) is 0 Å². The molecule has 4 nitrogen and oxygen atoms in total. The van der Waals surface area contributed by atoms with Crippen LogP contribution in [0.2, 0.25) is 0 Å².